The van der Waals surface area contributed by atoms with Crippen LogP contribution >= 0.6 is 0 Å². The molecule has 0 heterocycles. The number of carboxylic acids is 2. The number of benzene rings is 1. The van der Waals surface area contributed by atoms with Crippen molar-refractivity contribution in [1.29, 1.82) is 0 Å². The van der Waals surface area contributed by atoms with E-state index in [9.17, 15) is 38.7 Å². The molecule has 37 heavy (non-hydrogen) atoms. The zero-order chi connectivity index (χ0) is 28.1. The quantitative estimate of drug-likeness (QED) is 0.107. The van der Waals surface area contributed by atoms with Gasteiger partial charge in [-0.1, -0.05) is 30.3 Å². The molecule has 0 aliphatic heterocycles. The van der Waals surface area contributed by atoms with Crippen LogP contribution in [0.2, 0.25) is 0 Å². The molecule has 0 aliphatic rings. The molecule has 0 aromatic heterocycles. The number of primary amides is 2. The lowest BCUT2D eigenvalue weighted by Crippen LogP contribution is -2.58. The Kier molecular flexibility index (Phi) is 12.2. The largest absolute Gasteiger partial charge is 0.481 e. The Balaban J connectivity index is 3.01. The number of hydrogen-bond donors (Lipinski definition) is 8. The third kappa shape index (κ3) is 11.6. The van der Waals surface area contributed by atoms with E-state index in [1.165, 1.54) is 0 Å². The summed E-state index contributed by atoms with van der Waals surface area (Å²) in [7, 11) is 0. The molecular formula is C22H30N6O9. The van der Waals surface area contributed by atoms with E-state index in [0.29, 0.717) is 0 Å². The number of carbonyl (C=O) groups excluding carboxylic acids is 5. The first-order valence-corrected chi connectivity index (χ1v) is 11.0. The predicted octanol–water partition coefficient (Wildman–Crippen LogP) is -3.29. The first kappa shape index (κ1) is 30.5. The summed E-state index contributed by atoms with van der Waals surface area (Å²) in [6, 6.07) is 2.67. The van der Waals surface area contributed by atoms with Crippen LogP contribution in [0.5, 0.6) is 0 Å². The van der Waals surface area contributed by atoms with Crippen LogP contribution in [0.4, 0.5) is 0 Å². The van der Waals surface area contributed by atoms with E-state index in [1.54, 1.807) is 30.3 Å². The summed E-state index contributed by atoms with van der Waals surface area (Å²) in [5, 5.41) is 24.6. The Morgan fingerprint density at radius 2 is 1.22 bits per heavy atom. The minimum atomic E-state index is -1.74. The van der Waals surface area contributed by atoms with Crippen LogP contribution in [0.3, 0.4) is 0 Å². The van der Waals surface area contributed by atoms with Crippen molar-refractivity contribution in [3.05, 3.63) is 35.9 Å². The minimum absolute atomic E-state index is 0.109. The van der Waals surface area contributed by atoms with Gasteiger partial charge in [-0.2, -0.15) is 0 Å². The van der Waals surface area contributed by atoms with Gasteiger partial charge in [0.1, 0.15) is 18.1 Å². The minimum Gasteiger partial charge on any atom is -0.481 e. The summed E-state index contributed by atoms with van der Waals surface area (Å²) in [5.74, 6) is -7.94. The second-order valence-electron chi connectivity index (χ2n) is 8.09. The third-order valence-electron chi connectivity index (χ3n) is 4.97. The predicted molar refractivity (Wildman–Crippen MR) is 126 cm³/mol. The average Bonchev–Trinajstić information content (AvgIpc) is 2.80. The first-order valence-electron chi connectivity index (χ1n) is 11.0. The van der Waals surface area contributed by atoms with Crippen LogP contribution in [0, 0.1) is 0 Å². The summed E-state index contributed by atoms with van der Waals surface area (Å²) < 4.78 is 0. The SMILES string of the molecule is NC(=O)CC(NC(=O)C(CCC(=O)O)NC(=O)C(CC(N)=O)NC(=O)C(N)Cc1ccccc1)C(=O)O. The monoisotopic (exact) mass is 522 g/mol. The van der Waals surface area contributed by atoms with Crippen LogP contribution in [0.1, 0.15) is 31.2 Å². The van der Waals surface area contributed by atoms with Crippen molar-refractivity contribution in [3.8, 4) is 0 Å². The zero-order valence-electron chi connectivity index (χ0n) is 19.7. The van der Waals surface area contributed by atoms with Gasteiger partial charge in [0.2, 0.25) is 29.5 Å². The van der Waals surface area contributed by atoms with Gasteiger partial charge in [-0.05, 0) is 18.4 Å². The van der Waals surface area contributed by atoms with Gasteiger partial charge in [0.05, 0.1) is 18.9 Å². The fraction of sp³-hybridized carbons (Fsp3) is 0.409. The zero-order valence-corrected chi connectivity index (χ0v) is 19.7. The number of aliphatic carboxylic acids is 2. The van der Waals surface area contributed by atoms with E-state index in [2.05, 4.69) is 10.6 Å². The molecule has 1 rings (SSSR count). The molecule has 11 N–H and O–H groups in total. The summed E-state index contributed by atoms with van der Waals surface area (Å²) in [4.78, 5) is 83.0. The van der Waals surface area contributed by atoms with Gasteiger partial charge in [0.25, 0.3) is 0 Å². The van der Waals surface area contributed by atoms with Gasteiger partial charge >= 0.3 is 11.9 Å². The van der Waals surface area contributed by atoms with Crippen molar-refractivity contribution >= 4 is 41.5 Å². The maximum Gasteiger partial charge on any atom is 0.326 e. The topological polar surface area (TPSA) is 274 Å². The van der Waals surface area contributed by atoms with E-state index in [4.69, 9.17) is 22.3 Å². The maximum atomic E-state index is 12.9. The van der Waals surface area contributed by atoms with Gasteiger partial charge < -0.3 is 43.4 Å². The van der Waals surface area contributed by atoms with E-state index < -0.39 is 91.3 Å². The summed E-state index contributed by atoms with van der Waals surface area (Å²) in [5.41, 5.74) is 16.8. The molecule has 0 fully saturated rings. The fourth-order valence-corrected chi connectivity index (χ4v) is 3.13. The maximum absolute atomic E-state index is 12.9. The van der Waals surface area contributed by atoms with E-state index in [1.807, 2.05) is 5.32 Å². The van der Waals surface area contributed by atoms with Crippen LogP contribution < -0.4 is 33.2 Å². The van der Waals surface area contributed by atoms with Crippen LogP contribution in [0.25, 0.3) is 0 Å². The van der Waals surface area contributed by atoms with E-state index in [-0.39, 0.29) is 6.42 Å². The van der Waals surface area contributed by atoms with Gasteiger partial charge in [0, 0.05) is 6.42 Å². The lowest BCUT2D eigenvalue weighted by atomic mass is 10.0. The molecular weight excluding hydrogens is 492 g/mol. The lowest BCUT2D eigenvalue weighted by molar-refractivity contribution is -0.144. The highest BCUT2D eigenvalue weighted by atomic mass is 16.4. The van der Waals surface area contributed by atoms with Gasteiger partial charge in [-0.15, -0.1) is 0 Å². The fourth-order valence-electron chi connectivity index (χ4n) is 3.13. The van der Waals surface area contributed by atoms with Crippen molar-refractivity contribution in [2.45, 2.75) is 56.3 Å². The normalized spacial score (nSPS) is 13.8. The van der Waals surface area contributed by atoms with Crippen LogP contribution in [-0.2, 0) is 40.0 Å². The molecule has 0 bridgehead atoms. The number of nitrogens with one attached hydrogen (secondary N) is 3. The summed E-state index contributed by atoms with van der Waals surface area (Å²) in [6.45, 7) is 0. The summed E-state index contributed by atoms with van der Waals surface area (Å²) in [6.07, 6.45) is -2.43. The molecule has 0 aliphatic carbocycles. The highest BCUT2D eigenvalue weighted by Gasteiger charge is 2.31. The van der Waals surface area contributed by atoms with Crippen molar-refractivity contribution in [3.63, 3.8) is 0 Å². The Bertz CT molecular complexity index is 1020. The number of rotatable bonds is 16. The first-order chi connectivity index (χ1) is 17.3. The average molecular weight is 523 g/mol. The van der Waals surface area contributed by atoms with Crippen molar-refractivity contribution in [2.75, 3.05) is 0 Å². The smallest absolute Gasteiger partial charge is 0.326 e. The van der Waals surface area contributed by atoms with Gasteiger partial charge in [-0.3, -0.25) is 28.8 Å². The number of amides is 5. The van der Waals surface area contributed by atoms with Crippen LogP contribution in [0.15, 0.2) is 30.3 Å². The highest BCUT2D eigenvalue weighted by molar-refractivity contribution is 5.96. The Morgan fingerprint density at radius 1 is 0.730 bits per heavy atom. The summed E-state index contributed by atoms with van der Waals surface area (Å²) >= 11 is 0. The number of carbonyl (C=O) groups is 7. The Labute approximate surface area is 211 Å². The van der Waals surface area contributed by atoms with Crippen molar-refractivity contribution in [2.24, 2.45) is 17.2 Å². The van der Waals surface area contributed by atoms with Crippen LogP contribution in [-0.4, -0.2) is 75.9 Å². The third-order valence-corrected chi connectivity index (χ3v) is 4.97. The molecule has 4 unspecified atom stereocenters. The van der Waals surface area contributed by atoms with E-state index in [0.717, 1.165) is 5.56 Å². The van der Waals surface area contributed by atoms with Crippen molar-refractivity contribution in [1.82, 2.24) is 16.0 Å². The van der Waals surface area contributed by atoms with Gasteiger partial charge in [-0.25, -0.2) is 4.79 Å². The van der Waals surface area contributed by atoms with Crippen molar-refractivity contribution < 1.29 is 43.8 Å². The second kappa shape index (κ2) is 14.8. The Hall–Kier alpha value is -4.53. The highest BCUT2D eigenvalue weighted by Crippen LogP contribution is 2.05. The standard InChI is InChI=1S/C22H30N6O9/c23-12(8-11-4-2-1-3-5-11)19(33)27-14(9-16(24)29)21(35)26-13(6-7-18(31)32)20(34)28-15(22(36)37)10-17(25)30/h1-5,12-15H,6-10,23H2,(H2,24,29)(H2,25,30)(H,26,35)(H,27,33)(H,28,34)(H,31,32)(H,36,37). The molecule has 0 saturated carbocycles. The molecule has 0 radical (unpaired) electrons. The number of carboxylic acid groups (broad SMARTS) is 2. The molecule has 1 aromatic rings. The molecule has 15 heteroatoms. The number of hydrogen-bond acceptors (Lipinski definition) is 8. The van der Waals surface area contributed by atoms with E-state index >= 15 is 0 Å². The molecule has 4 atom stereocenters. The lowest BCUT2D eigenvalue weighted by Gasteiger charge is -2.24. The molecule has 0 spiro atoms. The molecule has 5 amide bonds. The molecule has 15 nitrogen and oxygen atoms in total. The Morgan fingerprint density at radius 3 is 1.73 bits per heavy atom. The molecule has 1 aromatic carbocycles. The van der Waals surface area contributed by atoms with Gasteiger partial charge in [0.15, 0.2) is 0 Å². The second-order valence-corrected chi connectivity index (χ2v) is 8.09. The molecule has 202 valence electrons. The molecule has 0 saturated heterocycles. The number of nitrogens with two attached hydrogens (primary N) is 3.